The molecule has 0 radical (unpaired) electrons. The van der Waals surface area contributed by atoms with Gasteiger partial charge in [-0.1, -0.05) is 27.7 Å². The van der Waals surface area contributed by atoms with Crippen molar-refractivity contribution in [2.75, 3.05) is 32.7 Å². The van der Waals surface area contributed by atoms with Gasteiger partial charge in [-0.05, 0) is 32.5 Å². The van der Waals surface area contributed by atoms with Crippen LogP contribution in [0.15, 0.2) is 0 Å². The molecule has 0 aliphatic rings. The molecular formula is C13H27N3O2S. The van der Waals surface area contributed by atoms with Gasteiger partial charge in [-0.3, -0.25) is 0 Å². The van der Waals surface area contributed by atoms with Gasteiger partial charge in [0, 0.05) is 13.1 Å². The van der Waals surface area contributed by atoms with Crippen LogP contribution < -0.4 is 0 Å². The van der Waals surface area contributed by atoms with E-state index in [9.17, 15) is 8.42 Å². The molecule has 0 spiro atoms. The smallest absolute Gasteiger partial charge is 0.230 e. The summed E-state index contributed by atoms with van der Waals surface area (Å²) >= 11 is 0. The largest absolute Gasteiger partial charge is 0.304 e. The summed E-state index contributed by atoms with van der Waals surface area (Å²) in [4.78, 5) is 2.27. The van der Waals surface area contributed by atoms with Crippen molar-refractivity contribution in [2.45, 2.75) is 45.8 Å². The fourth-order valence-electron chi connectivity index (χ4n) is 2.02. The van der Waals surface area contributed by atoms with E-state index in [1.807, 2.05) is 13.0 Å². The van der Waals surface area contributed by atoms with E-state index in [1.54, 1.807) is 6.92 Å². The third-order valence-electron chi connectivity index (χ3n) is 3.36. The number of nitriles is 1. The fraction of sp³-hybridized carbons (Fsp3) is 0.923. The molecule has 0 aliphatic heterocycles. The molecule has 0 heterocycles. The topological polar surface area (TPSA) is 64.4 Å². The summed E-state index contributed by atoms with van der Waals surface area (Å²) in [5, 5.41) is 8.02. The van der Waals surface area contributed by atoms with Gasteiger partial charge in [-0.2, -0.15) is 5.26 Å². The maximum absolute atomic E-state index is 12.2. The maximum Gasteiger partial charge on any atom is 0.230 e. The van der Waals surface area contributed by atoms with E-state index < -0.39 is 15.3 Å². The van der Waals surface area contributed by atoms with Crippen molar-refractivity contribution in [3.8, 4) is 6.07 Å². The highest BCUT2D eigenvalue weighted by Crippen LogP contribution is 2.12. The standard InChI is InChI=1S/C13H27N3O2S/c1-5-13(12-14)19(17,18)16(8-4)11-9-10-15(6-2)7-3/h13H,5-11H2,1-4H3. The lowest BCUT2D eigenvalue weighted by atomic mass is 10.3. The molecule has 0 aliphatic carbocycles. The Labute approximate surface area is 118 Å². The summed E-state index contributed by atoms with van der Waals surface area (Å²) < 4.78 is 25.9. The van der Waals surface area contributed by atoms with Crippen LogP contribution in [-0.2, 0) is 10.0 Å². The highest BCUT2D eigenvalue weighted by atomic mass is 32.2. The minimum atomic E-state index is -3.47. The summed E-state index contributed by atoms with van der Waals surface area (Å²) in [6.07, 6.45) is 1.14. The number of nitrogens with zero attached hydrogens (tertiary/aromatic N) is 3. The molecule has 0 aromatic rings. The second kappa shape index (κ2) is 9.29. The molecular weight excluding hydrogens is 262 g/mol. The number of sulfonamides is 1. The third-order valence-corrected chi connectivity index (χ3v) is 5.68. The minimum absolute atomic E-state index is 0.339. The van der Waals surface area contributed by atoms with E-state index in [0.717, 1.165) is 26.1 Å². The molecule has 0 fully saturated rings. The Hall–Kier alpha value is -0.640. The van der Waals surface area contributed by atoms with Gasteiger partial charge in [0.1, 0.15) is 0 Å². The summed E-state index contributed by atoms with van der Waals surface area (Å²) in [6.45, 7) is 11.5. The van der Waals surface area contributed by atoms with Crippen LogP contribution in [0.1, 0.15) is 40.5 Å². The molecule has 0 N–H and O–H groups in total. The monoisotopic (exact) mass is 289 g/mol. The van der Waals surface area contributed by atoms with Crippen molar-refractivity contribution in [1.82, 2.24) is 9.21 Å². The van der Waals surface area contributed by atoms with E-state index in [-0.39, 0.29) is 0 Å². The van der Waals surface area contributed by atoms with Crippen LogP contribution in [0, 0.1) is 11.3 Å². The molecule has 0 saturated heterocycles. The predicted octanol–water partition coefficient (Wildman–Crippen LogP) is 1.67. The summed E-state index contributed by atoms with van der Waals surface area (Å²) in [6, 6.07) is 1.89. The Morgan fingerprint density at radius 2 is 1.63 bits per heavy atom. The lowest BCUT2D eigenvalue weighted by Crippen LogP contribution is -2.39. The number of rotatable bonds is 10. The van der Waals surface area contributed by atoms with Gasteiger partial charge in [0.2, 0.25) is 10.0 Å². The van der Waals surface area contributed by atoms with Crippen LogP contribution in [0.5, 0.6) is 0 Å². The van der Waals surface area contributed by atoms with Gasteiger partial charge >= 0.3 is 0 Å². The second-order valence-corrected chi connectivity index (χ2v) is 6.56. The maximum atomic E-state index is 12.2. The molecule has 1 unspecified atom stereocenters. The zero-order valence-corrected chi connectivity index (χ0v) is 13.4. The van der Waals surface area contributed by atoms with Crippen LogP contribution >= 0.6 is 0 Å². The van der Waals surface area contributed by atoms with E-state index in [4.69, 9.17) is 5.26 Å². The van der Waals surface area contributed by atoms with Gasteiger partial charge in [-0.15, -0.1) is 0 Å². The Morgan fingerprint density at radius 1 is 1.05 bits per heavy atom. The molecule has 0 amide bonds. The first kappa shape index (κ1) is 18.4. The molecule has 112 valence electrons. The predicted molar refractivity (Wildman–Crippen MR) is 78.3 cm³/mol. The minimum Gasteiger partial charge on any atom is -0.304 e. The first-order valence-corrected chi connectivity index (χ1v) is 8.58. The van der Waals surface area contributed by atoms with Crippen molar-refractivity contribution in [1.29, 1.82) is 5.26 Å². The molecule has 0 aromatic carbocycles. The first-order valence-electron chi connectivity index (χ1n) is 7.08. The van der Waals surface area contributed by atoms with Gasteiger partial charge in [0.15, 0.2) is 5.25 Å². The average molecular weight is 289 g/mol. The van der Waals surface area contributed by atoms with Crippen molar-refractivity contribution in [2.24, 2.45) is 0 Å². The molecule has 19 heavy (non-hydrogen) atoms. The third kappa shape index (κ3) is 5.47. The highest BCUT2D eigenvalue weighted by molar-refractivity contribution is 7.90. The van der Waals surface area contributed by atoms with Crippen LogP contribution in [0.25, 0.3) is 0 Å². The Morgan fingerprint density at radius 3 is 2.00 bits per heavy atom. The van der Waals surface area contributed by atoms with Crippen LogP contribution in [0.4, 0.5) is 0 Å². The molecule has 0 bridgehead atoms. The van der Waals surface area contributed by atoms with E-state index in [1.165, 1.54) is 4.31 Å². The fourth-order valence-corrected chi connectivity index (χ4v) is 3.68. The zero-order valence-electron chi connectivity index (χ0n) is 12.6. The van der Waals surface area contributed by atoms with Crippen LogP contribution in [0.3, 0.4) is 0 Å². The SMILES string of the molecule is CCC(C#N)S(=O)(=O)N(CC)CCCN(CC)CC. The van der Waals surface area contributed by atoms with Crippen molar-refractivity contribution < 1.29 is 8.42 Å². The summed E-state index contributed by atoms with van der Waals surface area (Å²) in [5.74, 6) is 0. The van der Waals surface area contributed by atoms with Gasteiger partial charge in [-0.25, -0.2) is 12.7 Å². The van der Waals surface area contributed by atoms with Crippen molar-refractivity contribution >= 4 is 10.0 Å². The quantitative estimate of drug-likeness (QED) is 0.613. The lowest BCUT2D eigenvalue weighted by Gasteiger charge is -2.24. The zero-order chi connectivity index (χ0) is 14.9. The highest BCUT2D eigenvalue weighted by Gasteiger charge is 2.29. The Kier molecular flexibility index (Phi) is 8.98. The molecule has 0 saturated carbocycles. The normalized spacial score (nSPS) is 13.7. The number of hydrogen-bond donors (Lipinski definition) is 0. The van der Waals surface area contributed by atoms with Crippen molar-refractivity contribution in [3.05, 3.63) is 0 Å². The molecule has 0 rings (SSSR count). The Bertz CT molecular complexity index is 372. The van der Waals surface area contributed by atoms with Crippen LogP contribution in [0.2, 0.25) is 0 Å². The Balaban J connectivity index is 4.55. The van der Waals surface area contributed by atoms with Gasteiger partial charge in [0.25, 0.3) is 0 Å². The molecule has 1 atom stereocenters. The molecule has 0 aromatic heterocycles. The van der Waals surface area contributed by atoms with Gasteiger partial charge in [0.05, 0.1) is 6.07 Å². The lowest BCUT2D eigenvalue weighted by molar-refractivity contribution is 0.285. The van der Waals surface area contributed by atoms with E-state index in [2.05, 4.69) is 18.7 Å². The summed E-state index contributed by atoms with van der Waals surface area (Å²) in [7, 11) is -3.47. The molecule has 6 heteroatoms. The average Bonchev–Trinajstić information content (AvgIpc) is 2.40. The van der Waals surface area contributed by atoms with Gasteiger partial charge < -0.3 is 4.90 Å². The number of hydrogen-bond acceptors (Lipinski definition) is 4. The van der Waals surface area contributed by atoms with E-state index >= 15 is 0 Å². The van der Waals surface area contributed by atoms with Crippen molar-refractivity contribution in [3.63, 3.8) is 0 Å². The van der Waals surface area contributed by atoms with E-state index in [0.29, 0.717) is 19.5 Å². The van der Waals surface area contributed by atoms with Crippen LogP contribution in [-0.4, -0.2) is 55.6 Å². The first-order chi connectivity index (χ1) is 8.97. The second-order valence-electron chi connectivity index (χ2n) is 4.44. The summed E-state index contributed by atoms with van der Waals surface area (Å²) in [5.41, 5.74) is 0. The molecule has 5 nitrogen and oxygen atoms in total.